The van der Waals surface area contributed by atoms with Crippen LogP contribution in [0.3, 0.4) is 0 Å². The Kier molecular flexibility index (Phi) is 4.51. The highest BCUT2D eigenvalue weighted by Gasteiger charge is 2.21. The van der Waals surface area contributed by atoms with Crippen LogP contribution in [0.5, 0.6) is 5.75 Å². The van der Waals surface area contributed by atoms with Crippen molar-refractivity contribution in [1.29, 1.82) is 0 Å². The van der Waals surface area contributed by atoms with Crippen molar-refractivity contribution in [3.63, 3.8) is 0 Å². The number of carbonyl (C=O) groups is 1. The van der Waals surface area contributed by atoms with Crippen LogP contribution in [0.2, 0.25) is 0 Å². The molecule has 124 valence electrons. The highest BCUT2D eigenvalue weighted by molar-refractivity contribution is 5.82. The number of fused-ring (bicyclic) bond motifs is 1. The van der Waals surface area contributed by atoms with Gasteiger partial charge in [0.25, 0.3) is 0 Å². The third kappa shape index (κ3) is 3.25. The first-order valence-electron chi connectivity index (χ1n) is 7.90. The molecule has 0 radical (unpaired) electrons. The topological polar surface area (TPSA) is 55.6 Å². The van der Waals surface area contributed by atoms with Crippen LogP contribution in [-0.2, 0) is 4.79 Å². The largest absolute Gasteiger partial charge is 0.443 e. The summed E-state index contributed by atoms with van der Waals surface area (Å²) in [6.45, 7) is 1.98. The normalized spacial score (nSPS) is 12.1. The Hall–Kier alpha value is -2.82. The van der Waals surface area contributed by atoms with Gasteiger partial charge in [-0.15, -0.1) is 0 Å². The number of hydrogen-bond donors (Lipinski definition) is 0. The van der Waals surface area contributed by atoms with Crippen molar-refractivity contribution in [3.05, 3.63) is 54.4 Å². The van der Waals surface area contributed by atoms with Crippen LogP contribution in [0, 0.1) is 0 Å². The molecule has 5 nitrogen and oxygen atoms in total. The summed E-state index contributed by atoms with van der Waals surface area (Å²) < 4.78 is 10.7. The van der Waals surface area contributed by atoms with Gasteiger partial charge in [-0.1, -0.05) is 19.1 Å². The van der Waals surface area contributed by atoms with E-state index in [-0.39, 0.29) is 11.9 Å². The van der Waals surface area contributed by atoms with Gasteiger partial charge in [0.2, 0.25) is 0 Å². The van der Waals surface area contributed by atoms with E-state index in [0.717, 1.165) is 11.3 Å². The first-order chi connectivity index (χ1) is 11.6. The van der Waals surface area contributed by atoms with Gasteiger partial charge >= 0.3 is 5.97 Å². The fraction of sp³-hybridized carbons (Fsp3) is 0.263. The minimum atomic E-state index is -0.297. The van der Waals surface area contributed by atoms with E-state index in [1.54, 1.807) is 18.2 Å². The molecular weight excluding hydrogens is 304 g/mol. The third-order valence-corrected chi connectivity index (χ3v) is 4.02. The van der Waals surface area contributed by atoms with E-state index in [1.165, 1.54) is 6.39 Å². The van der Waals surface area contributed by atoms with Crippen molar-refractivity contribution in [3.8, 4) is 5.75 Å². The minimum absolute atomic E-state index is 0.266. The van der Waals surface area contributed by atoms with E-state index in [1.807, 2.05) is 50.2 Å². The molecule has 0 aliphatic carbocycles. The molecule has 0 amide bonds. The van der Waals surface area contributed by atoms with Crippen molar-refractivity contribution >= 4 is 22.8 Å². The lowest BCUT2D eigenvalue weighted by Gasteiger charge is -2.17. The molecule has 0 saturated carbocycles. The van der Waals surface area contributed by atoms with E-state index in [2.05, 4.69) is 4.98 Å². The Morgan fingerprint density at radius 2 is 1.96 bits per heavy atom. The molecule has 1 atom stereocenters. The van der Waals surface area contributed by atoms with Crippen molar-refractivity contribution in [2.75, 3.05) is 19.0 Å². The first kappa shape index (κ1) is 16.1. The first-order valence-corrected chi connectivity index (χ1v) is 7.90. The number of nitrogens with zero attached hydrogens (tertiary/aromatic N) is 2. The molecule has 2 aromatic carbocycles. The maximum Gasteiger partial charge on any atom is 0.318 e. The molecule has 1 aromatic heterocycles. The van der Waals surface area contributed by atoms with Gasteiger partial charge in [0.15, 0.2) is 12.0 Å². The zero-order chi connectivity index (χ0) is 17.1. The quantitative estimate of drug-likeness (QED) is 0.524. The molecule has 1 unspecified atom stereocenters. The summed E-state index contributed by atoms with van der Waals surface area (Å²) in [7, 11) is 3.97. The maximum atomic E-state index is 12.6. The Morgan fingerprint density at radius 3 is 2.62 bits per heavy atom. The minimum Gasteiger partial charge on any atom is -0.443 e. The highest BCUT2D eigenvalue weighted by atomic mass is 16.5. The monoisotopic (exact) mass is 324 g/mol. The van der Waals surface area contributed by atoms with Crippen molar-refractivity contribution in [2.45, 2.75) is 19.3 Å². The van der Waals surface area contributed by atoms with E-state index in [0.29, 0.717) is 23.3 Å². The zero-order valence-corrected chi connectivity index (χ0v) is 14.0. The van der Waals surface area contributed by atoms with Crippen LogP contribution in [0.15, 0.2) is 53.3 Å². The van der Waals surface area contributed by atoms with Gasteiger partial charge < -0.3 is 14.1 Å². The molecule has 3 aromatic rings. The van der Waals surface area contributed by atoms with Gasteiger partial charge in [-0.05, 0) is 36.2 Å². The summed E-state index contributed by atoms with van der Waals surface area (Å²) in [5.41, 5.74) is 3.39. The number of anilines is 1. The van der Waals surface area contributed by atoms with E-state index in [4.69, 9.17) is 9.15 Å². The van der Waals surface area contributed by atoms with Crippen LogP contribution in [0.4, 0.5) is 5.69 Å². The summed E-state index contributed by atoms with van der Waals surface area (Å²) in [4.78, 5) is 18.7. The average molecular weight is 324 g/mol. The lowest BCUT2D eigenvalue weighted by Crippen LogP contribution is -2.18. The van der Waals surface area contributed by atoms with Gasteiger partial charge in [-0.25, -0.2) is 4.98 Å². The van der Waals surface area contributed by atoms with Gasteiger partial charge in [-0.2, -0.15) is 0 Å². The molecule has 24 heavy (non-hydrogen) atoms. The van der Waals surface area contributed by atoms with Gasteiger partial charge in [-0.3, -0.25) is 4.79 Å². The van der Waals surface area contributed by atoms with Crippen molar-refractivity contribution < 1.29 is 13.9 Å². The fourth-order valence-electron chi connectivity index (χ4n) is 2.63. The summed E-state index contributed by atoms with van der Waals surface area (Å²) in [6, 6.07) is 13.1. The van der Waals surface area contributed by atoms with Crippen LogP contribution >= 0.6 is 0 Å². The van der Waals surface area contributed by atoms with Gasteiger partial charge in [0, 0.05) is 25.8 Å². The SMILES string of the molecule is CCC(C(=O)Oc1ccc2ocnc2c1)c1ccc(N(C)C)cc1. The molecule has 1 heterocycles. The summed E-state index contributed by atoms with van der Waals surface area (Å²) in [6.07, 6.45) is 2.05. The summed E-state index contributed by atoms with van der Waals surface area (Å²) in [5.74, 6) is -0.0862. The number of rotatable bonds is 5. The standard InChI is InChI=1S/C19H20N2O3/c1-4-16(13-5-7-14(8-6-13)21(2)3)19(22)24-15-9-10-18-17(11-15)20-12-23-18/h5-12,16H,4H2,1-3H3. The highest BCUT2D eigenvalue weighted by Crippen LogP contribution is 2.26. The van der Waals surface area contributed by atoms with Crippen LogP contribution < -0.4 is 9.64 Å². The molecule has 0 aliphatic heterocycles. The summed E-state index contributed by atoms with van der Waals surface area (Å²) in [5, 5.41) is 0. The van der Waals surface area contributed by atoms with E-state index < -0.39 is 0 Å². The molecule has 0 aliphatic rings. The van der Waals surface area contributed by atoms with E-state index in [9.17, 15) is 4.79 Å². The number of oxazole rings is 1. The molecule has 0 fully saturated rings. The van der Waals surface area contributed by atoms with Crippen LogP contribution in [0.25, 0.3) is 11.1 Å². The van der Waals surface area contributed by atoms with Gasteiger partial charge in [0.1, 0.15) is 11.3 Å². The Balaban J connectivity index is 1.78. The second-order valence-electron chi connectivity index (χ2n) is 5.85. The second kappa shape index (κ2) is 6.74. The number of hydrogen-bond acceptors (Lipinski definition) is 5. The van der Waals surface area contributed by atoms with Crippen molar-refractivity contribution in [1.82, 2.24) is 4.98 Å². The zero-order valence-electron chi connectivity index (χ0n) is 14.0. The Labute approximate surface area is 140 Å². The van der Waals surface area contributed by atoms with Crippen LogP contribution in [0.1, 0.15) is 24.8 Å². The Morgan fingerprint density at radius 1 is 1.21 bits per heavy atom. The number of carbonyl (C=O) groups excluding carboxylic acids is 1. The summed E-state index contributed by atoms with van der Waals surface area (Å²) >= 11 is 0. The lowest BCUT2D eigenvalue weighted by atomic mass is 9.96. The van der Waals surface area contributed by atoms with Gasteiger partial charge in [0.05, 0.1) is 5.92 Å². The molecule has 0 N–H and O–H groups in total. The number of esters is 1. The second-order valence-corrected chi connectivity index (χ2v) is 5.85. The van der Waals surface area contributed by atoms with Crippen LogP contribution in [-0.4, -0.2) is 25.0 Å². The number of ether oxygens (including phenoxy) is 1. The number of aromatic nitrogens is 1. The smallest absolute Gasteiger partial charge is 0.318 e. The number of benzene rings is 2. The average Bonchev–Trinajstić information content (AvgIpc) is 3.03. The van der Waals surface area contributed by atoms with Crippen molar-refractivity contribution in [2.24, 2.45) is 0 Å². The predicted molar refractivity (Wildman–Crippen MR) is 93.4 cm³/mol. The molecule has 3 rings (SSSR count). The predicted octanol–water partition coefficient (Wildman–Crippen LogP) is 3.99. The fourth-order valence-corrected chi connectivity index (χ4v) is 2.63. The maximum absolute atomic E-state index is 12.6. The third-order valence-electron chi connectivity index (χ3n) is 4.02. The molecule has 0 spiro atoms. The lowest BCUT2D eigenvalue weighted by molar-refractivity contribution is -0.136. The van der Waals surface area contributed by atoms with E-state index >= 15 is 0 Å². The molecule has 5 heteroatoms. The molecule has 0 saturated heterocycles. The Bertz CT molecular complexity index is 837. The molecular formula is C19H20N2O3. The molecule has 0 bridgehead atoms.